The van der Waals surface area contributed by atoms with E-state index in [4.69, 9.17) is 4.42 Å². The zero-order chi connectivity index (χ0) is 15.6. The minimum absolute atomic E-state index is 0.0228. The Morgan fingerprint density at radius 1 is 1.10 bits per heavy atom. The van der Waals surface area contributed by atoms with Gasteiger partial charge in [-0.15, -0.1) is 5.10 Å². The fourth-order valence-electron chi connectivity index (χ4n) is 1.47. The van der Waals surface area contributed by atoms with Gasteiger partial charge in [0.2, 0.25) is 5.89 Å². The summed E-state index contributed by atoms with van der Waals surface area (Å²) < 4.78 is 44.2. The number of anilines is 2. The van der Waals surface area contributed by atoms with Gasteiger partial charge < -0.3 is 15.1 Å². The number of halogens is 3. The standard InChI is InChI=1S/C13H15F3N4O/c1-13(2,3)17-6-10-19-20-12(21-10)18-7-4-8(14)11(16)9(15)5-7/h4-5,17H,6H2,1-3H3,(H,18,20). The van der Waals surface area contributed by atoms with Crippen molar-refractivity contribution in [2.45, 2.75) is 32.9 Å². The number of hydrogen-bond acceptors (Lipinski definition) is 5. The Balaban J connectivity index is 2.06. The zero-order valence-electron chi connectivity index (χ0n) is 11.8. The van der Waals surface area contributed by atoms with Crippen molar-refractivity contribution in [3.8, 4) is 0 Å². The summed E-state index contributed by atoms with van der Waals surface area (Å²) in [5.41, 5.74) is -0.143. The van der Waals surface area contributed by atoms with E-state index in [1.165, 1.54) is 0 Å². The van der Waals surface area contributed by atoms with Crippen LogP contribution in [0.25, 0.3) is 0 Å². The zero-order valence-corrected chi connectivity index (χ0v) is 11.8. The van der Waals surface area contributed by atoms with Gasteiger partial charge >= 0.3 is 6.01 Å². The molecule has 0 aliphatic carbocycles. The quantitative estimate of drug-likeness (QED) is 0.849. The van der Waals surface area contributed by atoms with Gasteiger partial charge in [0.15, 0.2) is 17.5 Å². The fourth-order valence-corrected chi connectivity index (χ4v) is 1.47. The van der Waals surface area contributed by atoms with Crippen molar-refractivity contribution < 1.29 is 17.6 Å². The molecule has 0 aliphatic heterocycles. The summed E-state index contributed by atoms with van der Waals surface area (Å²) in [6, 6.07) is 1.57. The van der Waals surface area contributed by atoms with Gasteiger partial charge in [-0.3, -0.25) is 0 Å². The second-order valence-electron chi connectivity index (χ2n) is 5.48. The van der Waals surface area contributed by atoms with Gasteiger partial charge in [-0.1, -0.05) is 5.10 Å². The number of aromatic nitrogens is 2. The van der Waals surface area contributed by atoms with Crippen LogP contribution in [0, 0.1) is 17.5 Å². The van der Waals surface area contributed by atoms with Gasteiger partial charge in [0, 0.05) is 23.4 Å². The molecule has 0 saturated carbocycles. The van der Waals surface area contributed by atoms with Gasteiger partial charge in [-0.2, -0.15) is 0 Å². The van der Waals surface area contributed by atoms with Crippen molar-refractivity contribution in [1.82, 2.24) is 15.5 Å². The van der Waals surface area contributed by atoms with Crippen LogP contribution >= 0.6 is 0 Å². The van der Waals surface area contributed by atoms with Gasteiger partial charge in [0.1, 0.15) is 0 Å². The molecule has 1 heterocycles. The summed E-state index contributed by atoms with van der Waals surface area (Å²) >= 11 is 0. The predicted molar refractivity (Wildman–Crippen MR) is 70.5 cm³/mol. The Morgan fingerprint density at radius 3 is 2.29 bits per heavy atom. The molecule has 0 bridgehead atoms. The van der Waals surface area contributed by atoms with Gasteiger partial charge in [0.05, 0.1) is 6.54 Å². The minimum atomic E-state index is -1.53. The minimum Gasteiger partial charge on any atom is -0.406 e. The van der Waals surface area contributed by atoms with E-state index in [2.05, 4.69) is 20.8 Å². The molecule has 21 heavy (non-hydrogen) atoms. The lowest BCUT2D eigenvalue weighted by Crippen LogP contribution is -2.35. The SMILES string of the molecule is CC(C)(C)NCc1nnc(Nc2cc(F)c(F)c(F)c2)o1. The first-order valence-electron chi connectivity index (χ1n) is 6.23. The van der Waals surface area contributed by atoms with Crippen molar-refractivity contribution in [3.63, 3.8) is 0 Å². The lowest BCUT2D eigenvalue weighted by Gasteiger charge is -2.18. The maximum atomic E-state index is 13.1. The van der Waals surface area contributed by atoms with E-state index in [9.17, 15) is 13.2 Å². The first-order valence-corrected chi connectivity index (χ1v) is 6.23. The van der Waals surface area contributed by atoms with Crippen molar-refractivity contribution in [3.05, 3.63) is 35.5 Å². The molecule has 2 aromatic rings. The second-order valence-corrected chi connectivity index (χ2v) is 5.48. The molecule has 0 unspecified atom stereocenters. The summed E-state index contributed by atoms with van der Waals surface area (Å²) in [7, 11) is 0. The maximum absolute atomic E-state index is 13.1. The maximum Gasteiger partial charge on any atom is 0.320 e. The molecular formula is C13H15F3N4O. The molecule has 0 radical (unpaired) electrons. The van der Waals surface area contributed by atoms with Crippen molar-refractivity contribution in [2.75, 3.05) is 5.32 Å². The Hall–Kier alpha value is -2.09. The summed E-state index contributed by atoms with van der Waals surface area (Å²) in [6.07, 6.45) is 0. The number of nitrogens with zero attached hydrogens (tertiary/aromatic N) is 2. The van der Waals surface area contributed by atoms with E-state index >= 15 is 0 Å². The summed E-state index contributed by atoms with van der Waals surface area (Å²) in [5, 5.41) is 13.1. The van der Waals surface area contributed by atoms with E-state index in [0.717, 1.165) is 12.1 Å². The lowest BCUT2D eigenvalue weighted by atomic mass is 10.1. The molecule has 0 atom stereocenters. The Kier molecular flexibility index (Phi) is 4.17. The molecule has 2 N–H and O–H groups in total. The van der Waals surface area contributed by atoms with E-state index in [0.29, 0.717) is 12.4 Å². The molecule has 1 aromatic heterocycles. The highest BCUT2D eigenvalue weighted by molar-refractivity contribution is 5.52. The lowest BCUT2D eigenvalue weighted by molar-refractivity contribution is 0.384. The van der Waals surface area contributed by atoms with Crippen LogP contribution in [0.2, 0.25) is 0 Å². The van der Waals surface area contributed by atoms with Crippen molar-refractivity contribution in [2.24, 2.45) is 0 Å². The predicted octanol–water partition coefficient (Wildman–Crippen LogP) is 3.12. The monoisotopic (exact) mass is 300 g/mol. The number of benzene rings is 1. The summed E-state index contributed by atoms with van der Waals surface area (Å²) in [5.74, 6) is -3.81. The molecule has 0 saturated heterocycles. The molecule has 1 aromatic carbocycles. The smallest absolute Gasteiger partial charge is 0.320 e. The Labute approximate surface area is 119 Å². The van der Waals surface area contributed by atoms with E-state index in [1.807, 2.05) is 20.8 Å². The molecule has 8 heteroatoms. The van der Waals surface area contributed by atoms with Crippen LogP contribution in [0.1, 0.15) is 26.7 Å². The van der Waals surface area contributed by atoms with Crippen molar-refractivity contribution >= 4 is 11.7 Å². The van der Waals surface area contributed by atoms with Crippen LogP contribution < -0.4 is 10.6 Å². The van der Waals surface area contributed by atoms with Gasteiger partial charge in [-0.25, -0.2) is 13.2 Å². The number of nitrogens with one attached hydrogen (secondary N) is 2. The van der Waals surface area contributed by atoms with Crippen LogP contribution in [0.5, 0.6) is 0 Å². The summed E-state index contributed by atoms with van der Waals surface area (Å²) in [6.45, 7) is 6.29. The molecular weight excluding hydrogens is 285 g/mol. The third-order valence-electron chi connectivity index (χ3n) is 2.47. The normalized spacial score (nSPS) is 11.7. The van der Waals surface area contributed by atoms with Crippen LogP contribution in [0.4, 0.5) is 24.9 Å². The molecule has 0 fully saturated rings. The van der Waals surface area contributed by atoms with E-state index in [1.54, 1.807) is 0 Å². The number of rotatable bonds is 4. The average Bonchev–Trinajstić information content (AvgIpc) is 2.80. The highest BCUT2D eigenvalue weighted by Gasteiger charge is 2.14. The first kappa shape index (κ1) is 15.3. The largest absolute Gasteiger partial charge is 0.406 e. The molecule has 2 rings (SSSR count). The third kappa shape index (κ3) is 4.19. The van der Waals surface area contributed by atoms with E-state index < -0.39 is 17.5 Å². The Bertz CT molecular complexity index is 614. The molecule has 114 valence electrons. The topological polar surface area (TPSA) is 63.0 Å². The van der Waals surface area contributed by atoms with Gasteiger partial charge in [0.25, 0.3) is 0 Å². The highest BCUT2D eigenvalue weighted by atomic mass is 19.2. The van der Waals surface area contributed by atoms with Crippen LogP contribution in [-0.2, 0) is 6.54 Å². The third-order valence-corrected chi connectivity index (χ3v) is 2.47. The fraction of sp³-hybridized carbons (Fsp3) is 0.385. The first-order chi connectivity index (χ1) is 9.74. The van der Waals surface area contributed by atoms with E-state index in [-0.39, 0.29) is 17.2 Å². The highest BCUT2D eigenvalue weighted by Crippen LogP contribution is 2.20. The second kappa shape index (κ2) is 5.72. The molecule has 0 amide bonds. The van der Waals surface area contributed by atoms with Crippen LogP contribution in [-0.4, -0.2) is 15.7 Å². The summed E-state index contributed by atoms with van der Waals surface area (Å²) in [4.78, 5) is 0. The number of hydrogen-bond donors (Lipinski definition) is 2. The van der Waals surface area contributed by atoms with Crippen LogP contribution in [0.3, 0.4) is 0 Å². The average molecular weight is 300 g/mol. The molecule has 5 nitrogen and oxygen atoms in total. The van der Waals surface area contributed by atoms with Gasteiger partial charge in [-0.05, 0) is 20.8 Å². The van der Waals surface area contributed by atoms with Crippen molar-refractivity contribution in [1.29, 1.82) is 0 Å². The molecule has 0 aliphatic rings. The Morgan fingerprint density at radius 2 is 1.71 bits per heavy atom. The van der Waals surface area contributed by atoms with Crippen LogP contribution in [0.15, 0.2) is 16.5 Å². The molecule has 0 spiro atoms.